The van der Waals surface area contributed by atoms with Gasteiger partial charge >= 0.3 is 0 Å². The van der Waals surface area contributed by atoms with Crippen LogP contribution in [0.5, 0.6) is 5.75 Å². The number of aromatic hydroxyl groups is 1. The van der Waals surface area contributed by atoms with E-state index in [-0.39, 0.29) is 30.1 Å². The van der Waals surface area contributed by atoms with Crippen molar-refractivity contribution in [3.63, 3.8) is 0 Å². The lowest BCUT2D eigenvalue weighted by molar-refractivity contribution is 0.239. The molecule has 0 aliphatic carbocycles. The van der Waals surface area contributed by atoms with Crippen molar-refractivity contribution in [2.45, 2.75) is 26.4 Å². The zero-order valence-electron chi connectivity index (χ0n) is 8.14. The molecule has 0 aromatic heterocycles. The van der Waals surface area contributed by atoms with Gasteiger partial charge in [0.15, 0.2) is 0 Å². The van der Waals surface area contributed by atoms with Crippen molar-refractivity contribution in [2.24, 2.45) is 0 Å². The smallest absolute Gasteiger partial charge is 0.126 e. The van der Waals surface area contributed by atoms with E-state index in [0.29, 0.717) is 11.1 Å². The molecule has 0 heterocycles. The summed E-state index contributed by atoms with van der Waals surface area (Å²) in [4.78, 5) is 0. The molecule has 1 aromatic carbocycles. The normalized spacial score (nSPS) is 10.7. The van der Waals surface area contributed by atoms with E-state index in [4.69, 9.17) is 20.4 Å². The van der Waals surface area contributed by atoms with Gasteiger partial charge in [-0.3, -0.25) is 0 Å². The quantitative estimate of drug-likeness (QED) is 0.459. The van der Waals surface area contributed by atoms with Crippen LogP contribution in [0.3, 0.4) is 0 Å². The fraction of sp³-hybridized carbons (Fsp3) is 0.400. The Labute approximate surface area is 86.9 Å². The van der Waals surface area contributed by atoms with Gasteiger partial charge in [-0.15, -0.1) is 0 Å². The molecule has 0 amide bonds. The van der Waals surface area contributed by atoms with E-state index in [1.165, 1.54) is 6.07 Å². The van der Waals surface area contributed by atoms with Gasteiger partial charge in [-0.05, 0) is 17.2 Å². The molecule has 5 N–H and O–H groups in total. The number of phenols is 1. The molecule has 0 spiro atoms. The summed E-state index contributed by atoms with van der Waals surface area (Å²) in [5.74, 6) is -0.235. The average molecular weight is 214 g/mol. The van der Waals surface area contributed by atoms with Crippen LogP contribution in [-0.2, 0) is 26.4 Å². The van der Waals surface area contributed by atoms with Crippen molar-refractivity contribution in [1.29, 1.82) is 0 Å². The van der Waals surface area contributed by atoms with Crippen LogP contribution in [-0.4, -0.2) is 25.5 Å². The van der Waals surface area contributed by atoms with E-state index in [1.54, 1.807) is 0 Å². The van der Waals surface area contributed by atoms with E-state index >= 15 is 0 Å². The topological polar surface area (TPSA) is 101 Å². The number of rotatable bonds is 4. The van der Waals surface area contributed by atoms with Gasteiger partial charge in [0, 0.05) is 11.1 Å². The molecule has 5 heteroatoms. The van der Waals surface area contributed by atoms with Gasteiger partial charge in [-0.1, -0.05) is 0 Å². The van der Waals surface area contributed by atoms with Crippen molar-refractivity contribution >= 4 is 0 Å². The Morgan fingerprint density at radius 3 is 1.67 bits per heavy atom. The van der Waals surface area contributed by atoms with E-state index in [1.807, 2.05) is 0 Å². The Morgan fingerprint density at radius 1 is 0.733 bits per heavy atom. The zero-order chi connectivity index (χ0) is 11.4. The molecule has 0 bridgehead atoms. The highest BCUT2D eigenvalue weighted by atomic mass is 16.3. The number of benzene rings is 1. The molecular weight excluding hydrogens is 200 g/mol. The van der Waals surface area contributed by atoms with Crippen LogP contribution < -0.4 is 0 Å². The monoisotopic (exact) mass is 214 g/mol. The molecule has 5 nitrogen and oxygen atoms in total. The maximum Gasteiger partial charge on any atom is 0.126 e. The molecule has 1 rings (SSSR count). The summed E-state index contributed by atoms with van der Waals surface area (Å²) >= 11 is 0. The lowest BCUT2D eigenvalue weighted by atomic mass is 9.97. The first-order valence-electron chi connectivity index (χ1n) is 4.48. The van der Waals surface area contributed by atoms with Crippen molar-refractivity contribution in [2.75, 3.05) is 0 Å². The molecular formula is C10H14O5. The van der Waals surface area contributed by atoms with Crippen LogP contribution in [0.4, 0.5) is 0 Å². The highest BCUT2D eigenvalue weighted by Gasteiger charge is 2.15. The fourth-order valence-electron chi connectivity index (χ4n) is 1.53. The molecule has 0 saturated heterocycles. The molecule has 1 aromatic rings. The van der Waals surface area contributed by atoms with Crippen LogP contribution in [0.2, 0.25) is 0 Å². The third-order valence-corrected chi connectivity index (χ3v) is 2.35. The Balaban J connectivity index is 3.43. The first kappa shape index (κ1) is 11.9. The molecule has 0 fully saturated rings. The number of hydrogen-bond donors (Lipinski definition) is 5. The van der Waals surface area contributed by atoms with Crippen LogP contribution in [0, 0.1) is 0 Å². The summed E-state index contributed by atoms with van der Waals surface area (Å²) in [6.45, 7) is -1.55. The highest BCUT2D eigenvalue weighted by Crippen LogP contribution is 2.29. The van der Waals surface area contributed by atoms with Crippen molar-refractivity contribution in [1.82, 2.24) is 0 Å². The Kier molecular flexibility index (Phi) is 4.05. The minimum Gasteiger partial charge on any atom is -0.507 e. The van der Waals surface area contributed by atoms with Gasteiger partial charge < -0.3 is 25.5 Å². The van der Waals surface area contributed by atoms with Gasteiger partial charge in [0.1, 0.15) is 5.75 Å². The molecule has 0 saturated carbocycles. The standard InChI is InChI=1S/C10H14O5/c11-2-6-1-7(3-12)10(15)9(5-14)8(6)4-13/h1,11-15H,2-5H2. The summed E-state index contributed by atoms with van der Waals surface area (Å²) in [5.41, 5.74) is 1.06. The third kappa shape index (κ3) is 2.10. The zero-order valence-corrected chi connectivity index (χ0v) is 8.14. The number of aliphatic hydroxyl groups is 4. The van der Waals surface area contributed by atoms with Crippen molar-refractivity contribution in [3.05, 3.63) is 28.3 Å². The van der Waals surface area contributed by atoms with Gasteiger partial charge in [-0.25, -0.2) is 0 Å². The minimum absolute atomic E-state index is 0.146. The largest absolute Gasteiger partial charge is 0.507 e. The summed E-state index contributed by atoms with van der Waals surface area (Å²) in [6, 6.07) is 1.40. The van der Waals surface area contributed by atoms with Gasteiger partial charge in [0.05, 0.1) is 26.4 Å². The second-order valence-electron chi connectivity index (χ2n) is 3.13. The summed E-state index contributed by atoms with van der Waals surface area (Å²) in [6.07, 6.45) is 0. The molecule has 0 atom stereocenters. The third-order valence-electron chi connectivity index (χ3n) is 2.35. The maximum atomic E-state index is 9.61. The first-order valence-corrected chi connectivity index (χ1v) is 4.48. The lowest BCUT2D eigenvalue weighted by Crippen LogP contribution is -2.04. The maximum absolute atomic E-state index is 9.61. The molecule has 0 radical (unpaired) electrons. The van der Waals surface area contributed by atoms with Gasteiger partial charge in [-0.2, -0.15) is 0 Å². The van der Waals surface area contributed by atoms with Crippen LogP contribution in [0.15, 0.2) is 6.07 Å². The highest BCUT2D eigenvalue weighted by molar-refractivity contribution is 5.49. The van der Waals surface area contributed by atoms with Gasteiger partial charge in [0.25, 0.3) is 0 Å². The number of hydrogen-bond acceptors (Lipinski definition) is 5. The van der Waals surface area contributed by atoms with E-state index < -0.39 is 13.2 Å². The second kappa shape index (κ2) is 5.09. The molecule has 0 aliphatic rings. The average Bonchev–Trinajstić information content (AvgIpc) is 2.28. The molecule has 0 unspecified atom stereocenters. The Morgan fingerprint density at radius 2 is 1.27 bits per heavy atom. The second-order valence-corrected chi connectivity index (χ2v) is 3.13. The molecule has 15 heavy (non-hydrogen) atoms. The van der Waals surface area contributed by atoms with E-state index in [2.05, 4.69) is 0 Å². The fourth-order valence-corrected chi connectivity index (χ4v) is 1.53. The summed E-state index contributed by atoms with van der Waals surface area (Å²) < 4.78 is 0. The van der Waals surface area contributed by atoms with Crippen molar-refractivity contribution < 1.29 is 25.5 Å². The van der Waals surface area contributed by atoms with Crippen LogP contribution in [0.25, 0.3) is 0 Å². The van der Waals surface area contributed by atoms with Crippen molar-refractivity contribution in [3.8, 4) is 5.75 Å². The summed E-state index contributed by atoms with van der Waals surface area (Å²) in [5, 5.41) is 45.7. The SMILES string of the molecule is OCc1cc(CO)c(CO)c(CO)c1O. The van der Waals surface area contributed by atoms with Gasteiger partial charge in [0.2, 0.25) is 0 Å². The molecule has 0 aliphatic heterocycles. The Bertz CT molecular complexity index is 348. The Hall–Kier alpha value is -1.14. The molecule has 84 valence electrons. The van der Waals surface area contributed by atoms with Crippen LogP contribution >= 0.6 is 0 Å². The minimum atomic E-state index is -0.456. The van der Waals surface area contributed by atoms with Crippen LogP contribution in [0.1, 0.15) is 22.3 Å². The lowest BCUT2D eigenvalue weighted by Gasteiger charge is -2.14. The predicted molar refractivity (Wildman–Crippen MR) is 51.8 cm³/mol. The number of aliphatic hydroxyl groups excluding tert-OH is 4. The first-order chi connectivity index (χ1) is 7.19. The summed E-state index contributed by atoms with van der Waals surface area (Å²) in [7, 11) is 0. The van der Waals surface area contributed by atoms with E-state index in [0.717, 1.165) is 0 Å². The van der Waals surface area contributed by atoms with E-state index in [9.17, 15) is 5.11 Å². The predicted octanol–water partition coefficient (Wildman–Crippen LogP) is -0.639.